The molecule has 2 aliphatic heterocycles. The van der Waals surface area contributed by atoms with Gasteiger partial charge in [0, 0.05) is 23.6 Å². The molecule has 16 heavy (non-hydrogen) atoms. The molecular formula is C12H19N3S. The topological polar surface area (TPSA) is 40.7 Å². The molecule has 3 nitrogen and oxygen atoms in total. The minimum absolute atomic E-state index is 0.469. The van der Waals surface area contributed by atoms with Crippen molar-refractivity contribution in [1.29, 1.82) is 0 Å². The van der Waals surface area contributed by atoms with Gasteiger partial charge in [0.25, 0.3) is 0 Å². The zero-order valence-electron chi connectivity index (χ0n) is 9.54. The van der Waals surface area contributed by atoms with E-state index in [-0.39, 0.29) is 0 Å². The molecule has 3 rings (SSSR count). The van der Waals surface area contributed by atoms with Gasteiger partial charge < -0.3 is 10.3 Å². The molecular weight excluding hydrogens is 218 g/mol. The van der Waals surface area contributed by atoms with Gasteiger partial charge in [-0.2, -0.15) is 11.8 Å². The van der Waals surface area contributed by atoms with Crippen molar-refractivity contribution in [2.45, 2.75) is 37.6 Å². The lowest BCUT2D eigenvalue weighted by molar-refractivity contribution is 0.399. The average Bonchev–Trinajstić information content (AvgIpc) is 3.01. The maximum atomic E-state index is 4.56. The van der Waals surface area contributed by atoms with Crippen LogP contribution in [0.15, 0.2) is 6.20 Å². The zero-order valence-corrected chi connectivity index (χ0v) is 10.4. The predicted octanol–water partition coefficient (Wildman–Crippen LogP) is 2.44. The molecule has 4 heteroatoms. The Morgan fingerprint density at radius 1 is 1.31 bits per heavy atom. The summed E-state index contributed by atoms with van der Waals surface area (Å²) in [5.74, 6) is 4.45. The zero-order chi connectivity index (χ0) is 10.8. The fourth-order valence-corrected chi connectivity index (χ4v) is 3.85. The van der Waals surface area contributed by atoms with E-state index in [0.29, 0.717) is 6.04 Å². The Hall–Kier alpha value is -0.480. The fourth-order valence-electron chi connectivity index (χ4n) is 2.60. The van der Waals surface area contributed by atoms with Gasteiger partial charge in [-0.3, -0.25) is 0 Å². The van der Waals surface area contributed by atoms with Crippen molar-refractivity contribution in [3.05, 3.63) is 17.7 Å². The molecule has 1 aromatic rings. The Labute approximate surface area is 101 Å². The number of aromatic nitrogens is 2. The highest BCUT2D eigenvalue weighted by atomic mass is 32.2. The van der Waals surface area contributed by atoms with Crippen LogP contribution in [0.25, 0.3) is 0 Å². The number of H-pyrrole nitrogens is 1. The first-order valence-electron chi connectivity index (χ1n) is 6.29. The van der Waals surface area contributed by atoms with Gasteiger partial charge in [-0.05, 0) is 31.6 Å². The first-order chi connectivity index (χ1) is 7.93. The van der Waals surface area contributed by atoms with Crippen LogP contribution in [0.1, 0.15) is 49.2 Å². The summed E-state index contributed by atoms with van der Waals surface area (Å²) in [6.45, 7) is 1.14. The maximum absolute atomic E-state index is 4.56. The Bertz CT molecular complexity index is 338. The van der Waals surface area contributed by atoms with Crippen LogP contribution in [0.2, 0.25) is 0 Å². The summed E-state index contributed by atoms with van der Waals surface area (Å²) < 4.78 is 0. The van der Waals surface area contributed by atoms with E-state index in [2.05, 4.69) is 33.2 Å². The van der Waals surface area contributed by atoms with E-state index in [1.165, 1.54) is 42.9 Å². The number of hydrogen-bond acceptors (Lipinski definition) is 3. The van der Waals surface area contributed by atoms with E-state index in [9.17, 15) is 0 Å². The molecule has 1 aromatic heterocycles. The summed E-state index contributed by atoms with van der Waals surface area (Å²) in [6, 6.07) is 0.469. The van der Waals surface area contributed by atoms with Crippen molar-refractivity contribution in [3.8, 4) is 0 Å². The second-order valence-corrected chi connectivity index (χ2v) is 5.94. The van der Waals surface area contributed by atoms with Crippen LogP contribution >= 0.6 is 11.8 Å². The summed E-state index contributed by atoms with van der Waals surface area (Å²) in [5.41, 5.74) is 1.35. The average molecular weight is 237 g/mol. The quantitative estimate of drug-likeness (QED) is 0.830. The molecule has 0 spiro atoms. The minimum atomic E-state index is 0.469. The lowest BCUT2D eigenvalue weighted by Crippen LogP contribution is -2.27. The first-order valence-corrected chi connectivity index (χ1v) is 7.45. The summed E-state index contributed by atoms with van der Waals surface area (Å²) in [5, 5.41) is 3.54. The largest absolute Gasteiger partial charge is 0.344 e. The standard InChI is InChI=1S/C12H19N3S/c1-2-5-13-10(3-1)12-14-7-11(15-12)9-4-6-16-8-9/h7,9-10,13H,1-6,8H2,(H,14,15). The third kappa shape index (κ3) is 2.13. The Kier molecular flexibility index (Phi) is 3.20. The Morgan fingerprint density at radius 3 is 3.06 bits per heavy atom. The summed E-state index contributed by atoms with van der Waals surface area (Å²) >= 11 is 2.06. The van der Waals surface area contributed by atoms with E-state index in [1.807, 2.05) is 0 Å². The molecule has 88 valence electrons. The van der Waals surface area contributed by atoms with Crippen molar-refractivity contribution in [2.24, 2.45) is 0 Å². The van der Waals surface area contributed by atoms with Crippen LogP contribution in [0.4, 0.5) is 0 Å². The molecule has 2 fully saturated rings. The monoisotopic (exact) mass is 237 g/mol. The lowest BCUT2D eigenvalue weighted by atomic mass is 10.0. The van der Waals surface area contributed by atoms with Crippen molar-refractivity contribution in [1.82, 2.24) is 15.3 Å². The molecule has 2 saturated heterocycles. The van der Waals surface area contributed by atoms with E-state index >= 15 is 0 Å². The van der Waals surface area contributed by atoms with Crippen LogP contribution in [-0.4, -0.2) is 28.0 Å². The summed E-state index contributed by atoms with van der Waals surface area (Å²) in [6.07, 6.45) is 7.23. The number of thioether (sulfide) groups is 1. The van der Waals surface area contributed by atoms with Gasteiger partial charge in [-0.1, -0.05) is 6.42 Å². The van der Waals surface area contributed by atoms with E-state index in [1.54, 1.807) is 0 Å². The van der Waals surface area contributed by atoms with Crippen molar-refractivity contribution >= 4 is 11.8 Å². The number of rotatable bonds is 2. The smallest absolute Gasteiger partial charge is 0.123 e. The second-order valence-electron chi connectivity index (χ2n) is 4.79. The Morgan fingerprint density at radius 2 is 2.31 bits per heavy atom. The van der Waals surface area contributed by atoms with Crippen LogP contribution in [-0.2, 0) is 0 Å². The highest BCUT2D eigenvalue weighted by Gasteiger charge is 2.22. The molecule has 2 atom stereocenters. The molecule has 2 unspecified atom stereocenters. The van der Waals surface area contributed by atoms with Crippen molar-refractivity contribution < 1.29 is 0 Å². The number of piperidine rings is 1. The SMILES string of the molecule is c1nc(C2CCCCN2)[nH]c1C1CCSC1. The van der Waals surface area contributed by atoms with Crippen LogP contribution in [0.5, 0.6) is 0 Å². The van der Waals surface area contributed by atoms with E-state index < -0.39 is 0 Å². The second kappa shape index (κ2) is 4.80. The van der Waals surface area contributed by atoms with Crippen LogP contribution in [0, 0.1) is 0 Å². The number of nitrogens with one attached hydrogen (secondary N) is 2. The van der Waals surface area contributed by atoms with Gasteiger partial charge >= 0.3 is 0 Å². The number of nitrogens with zero attached hydrogens (tertiary/aromatic N) is 1. The maximum Gasteiger partial charge on any atom is 0.123 e. The molecule has 3 heterocycles. The predicted molar refractivity (Wildman–Crippen MR) is 67.9 cm³/mol. The molecule has 2 aliphatic rings. The van der Waals surface area contributed by atoms with Gasteiger partial charge in [0.2, 0.25) is 0 Å². The highest BCUT2D eigenvalue weighted by molar-refractivity contribution is 7.99. The fraction of sp³-hybridized carbons (Fsp3) is 0.750. The van der Waals surface area contributed by atoms with Gasteiger partial charge in [0.1, 0.15) is 5.82 Å². The molecule has 2 N–H and O–H groups in total. The van der Waals surface area contributed by atoms with Crippen LogP contribution < -0.4 is 5.32 Å². The van der Waals surface area contributed by atoms with E-state index in [4.69, 9.17) is 0 Å². The Balaban J connectivity index is 1.71. The van der Waals surface area contributed by atoms with Gasteiger partial charge in [-0.25, -0.2) is 4.98 Å². The van der Waals surface area contributed by atoms with Crippen molar-refractivity contribution in [2.75, 3.05) is 18.1 Å². The summed E-state index contributed by atoms with van der Waals surface area (Å²) in [4.78, 5) is 8.10. The molecule has 0 saturated carbocycles. The third-order valence-electron chi connectivity index (χ3n) is 3.63. The van der Waals surface area contributed by atoms with E-state index in [0.717, 1.165) is 18.3 Å². The van der Waals surface area contributed by atoms with Gasteiger partial charge in [0.05, 0.1) is 6.04 Å². The molecule has 0 aliphatic carbocycles. The van der Waals surface area contributed by atoms with Gasteiger partial charge in [0.15, 0.2) is 0 Å². The normalized spacial score (nSPS) is 30.8. The molecule has 0 aromatic carbocycles. The number of hydrogen-bond donors (Lipinski definition) is 2. The van der Waals surface area contributed by atoms with Crippen molar-refractivity contribution in [3.63, 3.8) is 0 Å². The molecule has 0 radical (unpaired) electrons. The lowest BCUT2D eigenvalue weighted by Gasteiger charge is -2.21. The van der Waals surface area contributed by atoms with Crippen LogP contribution in [0.3, 0.4) is 0 Å². The number of imidazole rings is 1. The minimum Gasteiger partial charge on any atom is -0.344 e. The molecule has 0 amide bonds. The number of aromatic amines is 1. The molecule has 0 bridgehead atoms. The summed E-state index contributed by atoms with van der Waals surface area (Å²) in [7, 11) is 0. The highest BCUT2D eigenvalue weighted by Crippen LogP contribution is 2.32. The first kappa shape index (κ1) is 10.7. The van der Waals surface area contributed by atoms with Gasteiger partial charge in [-0.15, -0.1) is 0 Å². The third-order valence-corrected chi connectivity index (χ3v) is 4.79.